The van der Waals surface area contributed by atoms with E-state index in [1.165, 1.54) is 21.0 Å². The first-order valence-electron chi connectivity index (χ1n) is 11.9. The van der Waals surface area contributed by atoms with Crippen molar-refractivity contribution in [2.45, 2.75) is 57.7 Å². The molecule has 1 N–H and O–H groups in total. The van der Waals surface area contributed by atoms with E-state index in [0.29, 0.717) is 17.9 Å². The topological polar surface area (TPSA) is 106 Å². The molecule has 0 radical (unpaired) electrons. The van der Waals surface area contributed by atoms with Crippen LogP contribution in [0.3, 0.4) is 0 Å². The Bertz CT molecular complexity index is 1310. The molecule has 5 rings (SSSR count). The van der Waals surface area contributed by atoms with Crippen molar-refractivity contribution < 1.29 is 9.59 Å². The van der Waals surface area contributed by atoms with Crippen molar-refractivity contribution in [3.63, 3.8) is 0 Å². The number of benzene rings is 1. The Morgan fingerprint density at radius 1 is 1.20 bits per heavy atom. The number of pyridine rings is 1. The Hall–Kier alpha value is -3.66. The van der Waals surface area contributed by atoms with Crippen LogP contribution in [0.5, 0.6) is 0 Å². The second-order valence-electron chi connectivity index (χ2n) is 8.68. The fraction of sp³-hybridized carbons (Fsp3) is 0.360. The van der Waals surface area contributed by atoms with Gasteiger partial charge in [0, 0.05) is 11.4 Å². The van der Waals surface area contributed by atoms with Crippen LogP contribution in [0.1, 0.15) is 39.0 Å². The number of nitrogens with one attached hydrogen (secondary N) is 1. The molecule has 0 spiro atoms. The summed E-state index contributed by atoms with van der Waals surface area (Å²) in [5, 5.41) is 18.5. The second-order valence-corrected chi connectivity index (χ2v) is 9.63. The van der Waals surface area contributed by atoms with Crippen LogP contribution in [0.25, 0.3) is 21.6 Å². The normalized spacial score (nSPS) is 14.8. The number of hydrogen-bond donors (Lipinski definition) is 1. The van der Waals surface area contributed by atoms with Gasteiger partial charge in [0.05, 0.1) is 22.3 Å². The maximum atomic E-state index is 13.7. The van der Waals surface area contributed by atoms with Crippen LogP contribution in [0.15, 0.2) is 54.0 Å². The molecule has 1 saturated carbocycles. The lowest BCUT2D eigenvalue weighted by molar-refractivity contribution is -0.127. The van der Waals surface area contributed by atoms with Crippen molar-refractivity contribution >= 4 is 39.7 Å². The van der Waals surface area contributed by atoms with Gasteiger partial charge < -0.3 is 5.32 Å². The number of rotatable bonds is 8. The third kappa shape index (κ3) is 5.07. The predicted octanol–water partition coefficient (Wildman–Crippen LogP) is 3.82. The van der Waals surface area contributed by atoms with Gasteiger partial charge in [-0.2, -0.15) is 4.80 Å². The zero-order valence-corrected chi connectivity index (χ0v) is 20.3. The zero-order valence-electron chi connectivity index (χ0n) is 19.5. The van der Waals surface area contributed by atoms with Crippen molar-refractivity contribution in [2.75, 3.05) is 4.90 Å². The molecule has 1 atom stereocenters. The number of fused-ring (bicyclic) bond motifs is 1. The van der Waals surface area contributed by atoms with E-state index >= 15 is 0 Å². The first kappa shape index (κ1) is 23.1. The van der Waals surface area contributed by atoms with Crippen LogP contribution in [0.2, 0.25) is 0 Å². The third-order valence-electron chi connectivity index (χ3n) is 6.30. The lowest BCUT2D eigenvalue weighted by Gasteiger charge is -2.31. The third-order valence-corrected chi connectivity index (χ3v) is 7.16. The van der Waals surface area contributed by atoms with Crippen LogP contribution in [-0.2, 0) is 16.1 Å². The van der Waals surface area contributed by atoms with Gasteiger partial charge in [-0.15, -0.1) is 21.5 Å². The summed E-state index contributed by atoms with van der Waals surface area (Å²) in [6.07, 6.45) is 6.29. The van der Waals surface area contributed by atoms with Gasteiger partial charge in [0.15, 0.2) is 0 Å². The Labute approximate surface area is 207 Å². The standard InChI is InChI=1S/C25H27N7O2S/c1-2-21(25(34)27-18-9-4-5-10-18)32(19-14-17-8-3-6-11-20(17)26-15-19)23(33)16-31-29-24(28-30-31)22-12-7-13-35-22/h3,6-8,11-15,18,21H,2,4-5,9-10,16H2,1H3,(H,27,34)/t21-/m0/s1. The molecule has 10 heteroatoms. The van der Waals surface area contributed by atoms with Gasteiger partial charge in [-0.05, 0) is 48.1 Å². The van der Waals surface area contributed by atoms with Crippen molar-refractivity contribution in [1.29, 1.82) is 0 Å². The van der Waals surface area contributed by atoms with Gasteiger partial charge in [-0.3, -0.25) is 19.5 Å². The SMILES string of the molecule is CC[C@@H](C(=O)NC1CCCC1)N(C(=O)Cn1nnc(-c2cccs2)n1)c1cnc2ccccc2c1. The Balaban J connectivity index is 1.45. The van der Waals surface area contributed by atoms with Crippen LogP contribution in [0.4, 0.5) is 5.69 Å². The summed E-state index contributed by atoms with van der Waals surface area (Å²) < 4.78 is 0. The molecule has 180 valence electrons. The highest BCUT2D eigenvalue weighted by Gasteiger charge is 2.32. The van der Waals surface area contributed by atoms with Crippen molar-refractivity contribution in [3.05, 3.63) is 54.0 Å². The lowest BCUT2D eigenvalue weighted by atomic mass is 10.1. The van der Waals surface area contributed by atoms with E-state index in [-0.39, 0.29) is 24.4 Å². The van der Waals surface area contributed by atoms with Crippen molar-refractivity contribution in [2.24, 2.45) is 0 Å². The molecule has 3 aromatic heterocycles. The molecule has 0 saturated heterocycles. The lowest BCUT2D eigenvalue weighted by Crippen LogP contribution is -2.52. The summed E-state index contributed by atoms with van der Waals surface area (Å²) >= 11 is 1.51. The predicted molar refractivity (Wildman–Crippen MR) is 135 cm³/mol. The molecular weight excluding hydrogens is 462 g/mol. The Morgan fingerprint density at radius 3 is 2.80 bits per heavy atom. The molecule has 35 heavy (non-hydrogen) atoms. The summed E-state index contributed by atoms with van der Waals surface area (Å²) in [7, 11) is 0. The molecule has 1 aromatic carbocycles. The molecule has 1 aliphatic rings. The van der Waals surface area contributed by atoms with Gasteiger partial charge in [0.25, 0.3) is 5.91 Å². The first-order valence-corrected chi connectivity index (χ1v) is 12.8. The highest BCUT2D eigenvalue weighted by molar-refractivity contribution is 7.13. The fourth-order valence-corrected chi connectivity index (χ4v) is 5.20. The van der Waals surface area contributed by atoms with E-state index in [2.05, 4.69) is 25.7 Å². The summed E-state index contributed by atoms with van der Waals surface area (Å²) in [5.41, 5.74) is 1.39. The summed E-state index contributed by atoms with van der Waals surface area (Å²) in [4.78, 5) is 35.3. The van der Waals surface area contributed by atoms with Gasteiger partial charge in [-0.1, -0.05) is 44.0 Å². The van der Waals surface area contributed by atoms with E-state index in [1.807, 2.05) is 54.8 Å². The number of nitrogens with zero attached hydrogens (tertiary/aromatic N) is 6. The largest absolute Gasteiger partial charge is 0.352 e. The molecule has 1 fully saturated rings. The maximum absolute atomic E-state index is 13.7. The number of thiophene rings is 1. The Kier molecular flexibility index (Phi) is 6.80. The molecule has 3 heterocycles. The average molecular weight is 490 g/mol. The molecule has 4 aromatic rings. The van der Waals surface area contributed by atoms with Crippen LogP contribution < -0.4 is 10.2 Å². The van der Waals surface area contributed by atoms with E-state index in [1.54, 1.807) is 6.20 Å². The monoisotopic (exact) mass is 489 g/mol. The quantitative estimate of drug-likeness (QED) is 0.403. The number of carbonyl (C=O) groups excluding carboxylic acids is 2. The molecule has 2 amide bonds. The van der Waals surface area contributed by atoms with E-state index in [9.17, 15) is 9.59 Å². The minimum Gasteiger partial charge on any atom is -0.352 e. The van der Waals surface area contributed by atoms with Gasteiger partial charge >= 0.3 is 0 Å². The number of aromatic nitrogens is 5. The number of tetrazole rings is 1. The van der Waals surface area contributed by atoms with E-state index in [0.717, 1.165) is 41.5 Å². The fourth-order valence-electron chi connectivity index (χ4n) is 4.55. The van der Waals surface area contributed by atoms with E-state index in [4.69, 9.17) is 0 Å². The maximum Gasteiger partial charge on any atom is 0.251 e. The highest BCUT2D eigenvalue weighted by atomic mass is 32.1. The molecule has 9 nitrogen and oxygen atoms in total. The average Bonchev–Trinajstić information content (AvgIpc) is 3.65. The molecule has 1 aliphatic carbocycles. The van der Waals surface area contributed by atoms with Gasteiger partial charge in [0.1, 0.15) is 12.6 Å². The van der Waals surface area contributed by atoms with Crippen LogP contribution in [0, 0.1) is 0 Å². The molecule has 0 aliphatic heterocycles. The van der Waals surface area contributed by atoms with Gasteiger partial charge in [0.2, 0.25) is 11.7 Å². The smallest absolute Gasteiger partial charge is 0.251 e. The number of para-hydroxylation sites is 1. The van der Waals surface area contributed by atoms with Crippen LogP contribution in [-0.4, -0.2) is 49.1 Å². The van der Waals surface area contributed by atoms with Crippen LogP contribution >= 0.6 is 11.3 Å². The number of hydrogen-bond acceptors (Lipinski definition) is 7. The number of amides is 2. The van der Waals surface area contributed by atoms with Crippen molar-refractivity contribution in [3.8, 4) is 10.7 Å². The van der Waals surface area contributed by atoms with Gasteiger partial charge in [-0.25, -0.2) is 0 Å². The summed E-state index contributed by atoms with van der Waals surface area (Å²) in [6, 6.07) is 12.9. The molecular formula is C25H27N7O2S. The second kappa shape index (κ2) is 10.3. The van der Waals surface area contributed by atoms with Crippen molar-refractivity contribution in [1.82, 2.24) is 30.5 Å². The summed E-state index contributed by atoms with van der Waals surface area (Å²) in [6.45, 7) is 1.77. The number of carbonyl (C=O) groups is 2. The van der Waals surface area contributed by atoms with E-state index < -0.39 is 6.04 Å². The Morgan fingerprint density at radius 2 is 2.03 bits per heavy atom. The number of anilines is 1. The minimum absolute atomic E-state index is 0.140. The first-order chi connectivity index (χ1) is 17.1. The molecule has 0 unspecified atom stereocenters. The highest BCUT2D eigenvalue weighted by Crippen LogP contribution is 2.25. The minimum atomic E-state index is -0.675. The zero-order chi connectivity index (χ0) is 24.2. The molecule has 0 bridgehead atoms. The summed E-state index contributed by atoms with van der Waals surface area (Å²) in [5.74, 6) is 0.0232.